The fourth-order valence-corrected chi connectivity index (χ4v) is 5.27. The van der Waals surface area contributed by atoms with Gasteiger partial charge in [-0.2, -0.15) is 0 Å². The molecule has 0 aromatic heterocycles. The molecule has 0 fully saturated rings. The average molecular weight is 481 g/mol. The lowest BCUT2D eigenvalue weighted by Gasteiger charge is -2.24. The standard InChI is InChI=1S/C26H28N2O5S/c1-5-28(23-14-10-7-11-15-23)34(31,32)24-18-21(17-16-19(24)2)26(30)33-20(3)25(29)27(4)22-12-8-6-9-13-22/h6-18,20H,5H2,1-4H3. The van der Waals surface area contributed by atoms with Crippen LogP contribution < -0.4 is 9.21 Å². The number of aryl methyl sites for hydroxylation is 1. The number of amides is 1. The zero-order valence-electron chi connectivity index (χ0n) is 19.6. The van der Waals surface area contributed by atoms with Crippen LogP contribution in [0.15, 0.2) is 83.8 Å². The van der Waals surface area contributed by atoms with Crippen LogP contribution in [0.3, 0.4) is 0 Å². The number of anilines is 2. The first kappa shape index (κ1) is 25.0. The van der Waals surface area contributed by atoms with E-state index in [0.717, 1.165) is 0 Å². The summed E-state index contributed by atoms with van der Waals surface area (Å²) < 4.78 is 33.6. The maximum absolute atomic E-state index is 13.4. The molecule has 7 nitrogen and oxygen atoms in total. The smallest absolute Gasteiger partial charge is 0.338 e. The predicted molar refractivity (Wildman–Crippen MR) is 133 cm³/mol. The number of esters is 1. The second-order valence-corrected chi connectivity index (χ2v) is 9.60. The fourth-order valence-electron chi connectivity index (χ4n) is 3.54. The van der Waals surface area contributed by atoms with Gasteiger partial charge in [-0.05, 0) is 62.7 Å². The van der Waals surface area contributed by atoms with Gasteiger partial charge >= 0.3 is 5.97 Å². The summed E-state index contributed by atoms with van der Waals surface area (Å²) in [5.41, 5.74) is 1.74. The number of likely N-dealkylation sites (N-methyl/N-ethyl adjacent to an activating group) is 1. The van der Waals surface area contributed by atoms with E-state index in [2.05, 4.69) is 0 Å². The highest BCUT2D eigenvalue weighted by molar-refractivity contribution is 7.92. The summed E-state index contributed by atoms with van der Waals surface area (Å²) in [5, 5.41) is 0. The first-order valence-corrected chi connectivity index (χ1v) is 12.3. The Bertz CT molecular complexity index is 1260. The first-order chi connectivity index (χ1) is 16.2. The third kappa shape index (κ3) is 5.28. The number of carbonyl (C=O) groups is 2. The highest BCUT2D eigenvalue weighted by atomic mass is 32.2. The normalized spacial score (nSPS) is 12.0. The molecule has 34 heavy (non-hydrogen) atoms. The lowest BCUT2D eigenvalue weighted by atomic mass is 10.1. The Morgan fingerprint density at radius 2 is 1.47 bits per heavy atom. The van der Waals surface area contributed by atoms with Crippen molar-refractivity contribution in [2.24, 2.45) is 0 Å². The van der Waals surface area contributed by atoms with Crippen molar-refractivity contribution in [3.05, 3.63) is 90.0 Å². The average Bonchev–Trinajstić information content (AvgIpc) is 2.84. The highest BCUT2D eigenvalue weighted by Gasteiger charge is 2.28. The summed E-state index contributed by atoms with van der Waals surface area (Å²) in [6.07, 6.45) is -1.06. The molecule has 0 saturated heterocycles. The molecule has 0 bridgehead atoms. The summed E-state index contributed by atoms with van der Waals surface area (Å²) in [6, 6.07) is 22.1. The van der Waals surface area contributed by atoms with E-state index < -0.39 is 28.0 Å². The van der Waals surface area contributed by atoms with Crippen molar-refractivity contribution in [2.75, 3.05) is 22.8 Å². The van der Waals surface area contributed by atoms with Crippen LogP contribution >= 0.6 is 0 Å². The molecular formula is C26H28N2O5S. The number of carbonyl (C=O) groups excluding carboxylic acids is 2. The Balaban J connectivity index is 1.84. The number of nitrogens with zero attached hydrogens (tertiary/aromatic N) is 2. The van der Waals surface area contributed by atoms with Crippen molar-refractivity contribution in [1.29, 1.82) is 0 Å². The van der Waals surface area contributed by atoms with Crippen LogP contribution in [0.2, 0.25) is 0 Å². The maximum Gasteiger partial charge on any atom is 0.338 e. The molecule has 8 heteroatoms. The van der Waals surface area contributed by atoms with E-state index >= 15 is 0 Å². The van der Waals surface area contributed by atoms with Crippen molar-refractivity contribution in [3.8, 4) is 0 Å². The van der Waals surface area contributed by atoms with Crippen molar-refractivity contribution in [1.82, 2.24) is 0 Å². The molecule has 0 radical (unpaired) electrons. The third-order valence-corrected chi connectivity index (χ3v) is 7.47. The molecule has 0 aliphatic rings. The van der Waals surface area contributed by atoms with Gasteiger partial charge in [-0.1, -0.05) is 42.5 Å². The largest absolute Gasteiger partial charge is 0.449 e. The number of sulfonamides is 1. The molecule has 0 heterocycles. The van der Waals surface area contributed by atoms with Crippen LogP contribution in [0.25, 0.3) is 0 Å². The molecule has 3 aromatic rings. The topological polar surface area (TPSA) is 84.0 Å². The maximum atomic E-state index is 13.4. The van der Waals surface area contributed by atoms with Gasteiger partial charge in [-0.25, -0.2) is 13.2 Å². The molecule has 0 aliphatic carbocycles. The zero-order valence-corrected chi connectivity index (χ0v) is 20.5. The molecule has 1 amide bonds. The Kier molecular flexibility index (Phi) is 7.73. The van der Waals surface area contributed by atoms with Gasteiger partial charge in [-0.15, -0.1) is 0 Å². The van der Waals surface area contributed by atoms with Crippen LogP contribution in [0, 0.1) is 6.92 Å². The first-order valence-electron chi connectivity index (χ1n) is 10.9. The number of hydrogen-bond acceptors (Lipinski definition) is 5. The van der Waals surface area contributed by atoms with Gasteiger partial charge in [0.15, 0.2) is 6.10 Å². The van der Waals surface area contributed by atoms with Gasteiger partial charge < -0.3 is 9.64 Å². The van der Waals surface area contributed by atoms with Gasteiger partial charge in [-0.3, -0.25) is 9.10 Å². The van der Waals surface area contributed by atoms with Gasteiger partial charge in [0.05, 0.1) is 16.1 Å². The lowest BCUT2D eigenvalue weighted by molar-refractivity contribution is -0.126. The van der Waals surface area contributed by atoms with Gasteiger partial charge in [0.1, 0.15) is 0 Å². The Labute approximate surface area is 200 Å². The van der Waals surface area contributed by atoms with E-state index in [9.17, 15) is 18.0 Å². The molecule has 0 spiro atoms. The second-order valence-electron chi connectivity index (χ2n) is 7.77. The summed E-state index contributed by atoms with van der Waals surface area (Å²) in [7, 11) is -2.34. The molecule has 0 aliphatic heterocycles. The Hall–Kier alpha value is -3.65. The zero-order chi connectivity index (χ0) is 24.9. The third-order valence-electron chi connectivity index (χ3n) is 5.43. The van der Waals surface area contributed by atoms with Crippen molar-refractivity contribution in [2.45, 2.75) is 31.8 Å². The predicted octanol–water partition coefficient (Wildman–Crippen LogP) is 4.42. The summed E-state index contributed by atoms with van der Waals surface area (Å²) in [6.45, 7) is 5.12. The summed E-state index contributed by atoms with van der Waals surface area (Å²) in [5.74, 6) is -1.18. The highest BCUT2D eigenvalue weighted by Crippen LogP contribution is 2.26. The minimum absolute atomic E-state index is 0.00744. The molecule has 1 unspecified atom stereocenters. The summed E-state index contributed by atoms with van der Waals surface area (Å²) in [4.78, 5) is 27.0. The van der Waals surface area contributed by atoms with E-state index in [1.807, 2.05) is 12.1 Å². The number of benzene rings is 3. The van der Waals surface area contributed by atoms with Gasteiger partial charge in [0.2, 0.25) is 0 Å². The van der Waals surface area contributed by atoms with Crippen LogP contribution in [0.5, 0.6) is 0 Å². The SMILES string of the molecule is CCN(c1ccccc1)S(=O)(=O)c1cc(C(=O)OC(C)C(=O)N(C)c2ccccc2)ccc1C. The number of para-hydroxylation sites is 2. The van der Waals surface area contributed by atoms with Crippen molar-refractivity contribution >= 4 is 33.3 Å². The molecule has 178 valence electrons. The van der Waals surface area contributed by atoms with E-state index in [1.165, 1.54) is 28.3 Å². The van der Waals surface area contributed by atoms with E-state index in [0.29, 0.717) is 16.9 Å². The Morgan fingerprint density at radius 1 is 0.912 bits per heavy atom. The van der Waals surface area contributed by atoms with E-state index in [-0.39, 0.29) is 17.0 Å². The van der Waals surface area contributed by atoms with Crippen LogP contribution in [-0.2, 0) is 19.6 Å². The quantitative estimate of drug-likeness (QED) is 0.446. The molecule has 0 N–H and O–H groups in total. The number of hydrogen-bond donors (Lipinski definition) is 0. The van der Waals surface area contributed by atoms with Gasteiger partial charge in [0, 0.05) is 19.3 Å². The number of rotatable bonds is 8. The van der Waals surface area contributed by atoms with E-state index in [4.69, 9.17) is 4.74 Å². The van der Waals surface area contributed by atoms with Gasteiger partial charge in [0.25, 0.3) is 15.9 Å². The minimum atomic E-state index is -3.93. The van der Waals surface area contributed by atoms with Crippen molar-refractivity contribution in [3.63, 3.8) is 0 Å². The van der Waals surface area contributed by atoms with Crippen molar-refractivity contribution < 1.29 is 22.7 Å². The molecule has 3 aromatic carbocycles. The fraction of sp³-hybridized carbons (Fsp3) is 0.231. The summed E-state index contributed by atoms with van der Waals surface area (Å²) >= 11 is 0. The van der Waals surface area contributed by atoms with Crippen LogP contribution in [0.1, 0.15) is 29.8 Å². The molecule has 1 atom stereocenters. The monoisotopic (exact) mass is 480 g/mol. The number of ether oxygens (including phenoxy) is 1. The molecular weight excluding hydrogens is 452 g/mol. The molecule has 0 saturated carbocycles. The van der Waals surface area contributed by atoms with E-state index in [1.54, 1.807) is 75.5 Å². The minimum Gasteiger partial charge on any atom is -0.449 e. The lowest BCUT2D eigenvalue weighted by Crippen LogP contribution is -2.37. The van der Waals surface area contributed by atoms with Crippen LogP contribution in [-0.4, -0.2) is 40.0 Å². The Morgan fingerprint density at radius 3 is 2.03 bits per heavy atom. The van der Waals surface area contributed by atoms with Crippen LogP contribution in [0.4, 0.5) is 11.4 Å². The second kappa shape index (κ2) is 10.5. The molecule has 3 rings (SSSR count).